The molecular formula is C15H21N. The van der Waals surface area contributed by atoms with Crippen molar-refractivity contribution in [3.8, 4) is 0 Å². The molecule has 1 N–H and O–H groups in total. The summed E-state index contributed by atoms with van der Waals surface area (Å²) in [5.74, 6) is 0. The van der Waals surface area contributed by atoms with Crippen LogP contribution in [0.2, 0.25) is 0 Å². The van der Waals surface area contributed by atoms with Gasteiger partial charge in [-0.2, -0.15) is 0 Å². The zero-order chi connectivity index (χ0) is 10.8. The maximum atomic E-state index is 3.69. The zero-order valence-corrected chi connectivity index (χ0v) is 9.97. The monoisotopic (exact) mass is 215 g/mol. The lowest BCUT2D eigenvalue weighted by atomic mass is 9.84. The van der Waals surface area contributed by atoms with Crippen LogP contribution >= 0.6 is 0 Å². The van der Waals surface area contributed by atoms with Crippen molar-refractivity contribution in [2.75, 3.05) is 6.54 Å². The van der Waals surface area contributed by atoms with Crippen molar-refractivity contribution >= 4 is 0 Å². The van der Waals surface area contributed by atoms with Crippen LogP contribution in [0.25, 0.3) is 0 Å². The minimum absolute atomic E-state index is 0.641. The van der Waals surface area contributed by atoms with Crippen LogP contribution in [0.3, 0.4) is 0 Å². The molecule has 0 aromatic heterocycles. The van der Waals surface area contributed by atoms with Gasteiger partial charge < -0.3 is 5.32 Å². The molecule has 1 aromatic rings. The highest BCUT2D eigenvalue weighted by Gasteiger charge is 2.20. The fourth-order valence-electron chi connectivity index (χ4n) is 3.25. The van der Waals surface area contributed by atoms with Crippen molar-refractivity contribution in [1.29, 1.82) is 0 Å². The Morgan fingerprint density at radius 2 is 1.94 bits per heavy atom. The van der Waals surface area contributed by atoms with E-state index in [1.165, 1.54) is 51.5 Å². The molecule has 1 aliphatic heterocycles. The Morgan fingerprint density at radius 1 is 1.00 bits per heavy atom. The van der Waals surface area contributed by atoms with Crippen LogP contribution in [-0.4, -0.2) is 6.54 Å². The van der Waals surface area contributed by atoms with Gasteiger partial charge in [0.25, 0.3) is 0 Å². The van der Waals surface area contributed by atoms with Crippen LogP contribution in [0.4, 0.5) is 0 Å². The quantitative estimate of drug-likeness (QED) is 0.757. The van der Waals surface area contributed by atoms with E-state index >= 15 is 0 Å². The van der Waals surface area contributed by atoms with Gasteiger partial charge in [0, 0.05) is 6.04 Å². The Bertz CT molecular complexity index is 364. The average molecular weight is 215 g/mol. The molecule has 1 heteroatoms. The normalized spacial score (nSPS) is 25.1. The minimum Gasteiger partial charge on any atom is -0.310 e. The second-order valence-corrected chi connectivity index (χ2v) is 5.19. The third kappa shape index (κ3) is 1.89. The summed E-state index contributed by atoms with van der Waals surface area (Å²) < 4.78 is 0. The number of hydrogen-bond donors (Lipinski definition) is 1. The van der Waals surface area contributed by atoms with Gasteiger partial charge in [0.05, 0.1) is 0 Å². The third-order valence-corrected chi connectivity index (χ3v) is 4.12. The van der Waals surface area contributed by atoms with E-state index < -0.39 is 0 Å². The molecule has 1 aromatic carbocycles. The molecule has 2 aliphatic rings. The van der Waals surface area contributed by atoms with Gasteiger partial charge in [-0.15, -0.1) is 0 Å². The number of rotatable bonds is 1. The largest absolute Gasteiger partial charge is 0.310 e. The number of hydrogen-bond acceptors (Lipinski definition) is 1. The smallest absolute Gasteiger partial charge is 0.0323 e. The maximum absolute atomic E-state index is 3.69. The Labute approximate surface area is 98.3 Å². The number of benzene rings is 1. The molecule has 3 rings (SSSR count). The summed E-state index contributed by atoms with van der Waals surface area (Å²) in [6.45, 7) is 1.20. The molecule has 0 saturated carbocycles. The van der Waals surface area contributed by atoms with Gasteiger partial charge in [0.2, 0.25) is 0 Å². The summed E-state index contributed by atoms with van der Waals surface area (Å²) in [4.78, 5) is 0. The van der Waals surface area contributed by atoms with Gasteiger partial charge in [-0.1, -0.05) is 24.6 Å². The van der Waals surface area contributed by atoms with Crippen LogP contribution in [-0.2, 0) is 12.8 Å². The van der Waals surface area contributed by atoms with Crippen molar-refractivity contribution in [1.82, 2.24) is 5.32 Å². The second kappa shape index (κ2) is 4.58. The molecule has 1 saturated heterocycles. The highest BCUT2D eigenvalue weighted by Crippen LogP contribution is 2.31. The predicted molar refractivity (Wildman–Crippen MR) is 67.7 cm³/mol. The predicted octanol–water partition coefficient (Wildman–Crippen LogP) is 3.38. The molecule has 0 spiro atoms. The van der Waals surface area contributed by atoms with Gasteiger partial charge in [-0.3, -0.25) is 0 Å². The summed E-state index contributed by atoms with van der Waals surface area (Å²) in [5.41, 5.74) is 4.90. The van der Waals surface area contributed by atoms with Crippen molar-refractivity contribution in [2.24, 2.45) is 0 Å². The third-order valence-electron chi connectivity index (χ3n) is 4.12. The van der Waals surface area contributed by atoms with E-state index in [0.29, 0.717) is 6.04 Å². The Hall–Kier alpha value is -0.820. The van der Waals surface area contributed by atoms with E-state index in [0.717, 1.165) is 0 Å². The van der Waals surface area contributed by atoms with E-state index in [9.17, 15) is 0 Å². The fraction of sp³-hybridized carbons (Fsp3) is 0.600. The Morgan fingerprint density at radius 3 is 2.81 bits per heavy atom. The van der Waals surface area contributed by atoms with E-state index in [4.69, 9.17) is 0 Å². The number of aryl methyl sites for hydroxylation is 1. The van der Waals surface area contributed by atoms with E-state index in [2.05, 4.69) is 23.5 Å². The van der Waals surface area contributed by atoms with E-state index in [1.807, 2.05) is 0 Å². The molecule has 86 valence electrons. The molecule has 0 bridgehead atoms. The SMILES string of the molecule is c1cc2c(c(C3CCCCN3)c1)CCCC2. The van der Waals surface area contributed by atoms with Crippen molar-refractivity contribution in [2.45, 2.75) is 51.0 Å². The van der Waals surface area contributed by atoms with Crippen LogP contribution in [0.15, 0.2) is 18.2 Å². The molecule has 0 amide bonds. The first-order valence-corrected chi connectivity index (χ1v) is 6.79. The highest BCUT2D eigenvalue weighted by molar-refractivity contribution is 5.39. The minimum atomic E-state index is 0.641. The first kappa shape index (κ1) is 10.3. The van der Waals surface area contributed by atoms with Crippen molar-refractivity contribution in [3.63, 3.8) is 0 Å². The zero-order valence-electron chi connectivity index (χ0n) is 9.97. The van der Waals surface area contributed by atoms with Gasteiger partial charge >= 0.3 is 0 Å². The standard InChI is InChI=1S/C15H21N/c1-2-8-13-12(6-1)7-5-9-14(13)15-10-3-4-11-16-15/h5,7,9,15-16H,1-4,6,8,10-11H2. The molecule has 1 aliphatic carbocycles. The fourth-order valence-corrected chi connectivity index (χ4v) is 3.25. The Kier molecular flexibility index (Phi) is 2.96. The summed E-state index contributed by atoms with van der Waals surface area (Å²) in [6.07, 6.45) is 9.45. The van der Waals surface area contributed by atoms with Crippen LogP contribution in [0.5, 0.6) is 0 Å². The molecular weight excluding hydrogens is 194 g/mol. The first-order valence-electron chi connectivity index (χ1n) is 6.79. The van der Waals surface area contributed by atoms with Crippen molar-refractivity contribution < 1.29 is 0 Å². The van der Waals surface area contributed by atoms with Gasteiger partial charge in [-0.25, -0.2) is 0 Å². The molecule has 1 unspecified atom stereocenters. The summed E-state index contributed by atoms with van der Waals surface area (Å²) in [7, 11) is 0. The van der Waals surface area contributed by atoms with Gasteiger partial charge in [-0.05, 0) is 61.8 Å². The molecule has 1 atom stereocenters. The van der Waals surface area contributed by atoms with Crippen molar-refractivity contribution in [3.05, 3.63) is 34.9 Å². The maximum Gasteiger partial charge on any atom is 0.0323 e. The lowest BCUT2D eigenvalue weighted by Crippen LogP contribution is -2.28. The lowest BCUT2D eigenvalue weighted by molar-refractivity contribution is 0.409. The molecule has 1 fully saturated rings. The van der Waals surface area contributed by atoms with Crippen LogP contribution < -0.4 is 5.32 Å². The topological polar surface area (TPSA) is 12.0 Å². The molecule has 0 radical (unpaired) electrons. The van der Waals surface area contributed by atoms with Crippen LogP contribution in [0, 0.1) is 0 Å². The second-order valence-electron chi connectivity index (χ2n) is 5.19. The Balaban J connectivity index is 1.93. The lowest BCUT2D eigenvalue weighted by Gasteiger charge is -2.28. The summed E-state index contributed by atoms with van der Waals surface area (Å²) >= 11 is 0. The van der Waals surface area contributed by atoms with Gasteiger partial charge in [0.15, 0.2) is 0 Å². The highest BCUT2D eigenvalue weighted by atomic mass is 14.9. The summed E-state index contributed by atoms with van der Waals surface area (Å²) in [5, 5.41) is 3.69. The van der Waals surface area contributed by atoms with E-state index in [-0.39, 0.29) is 0 Å². The van der Waals surface area contributed by atoms with Gasteiger partial charge in [0.1, 0.15) is 0 Å². The first-order chi connectivity index (χ1) is 7.95. The number of fused-ring (bicyclic) bond motifs is 1. The number of piperidine rings is 1. The molecule has 1 heterocycles. The van der Waals surface area contributed by atoms with E-state index in [1.54, 1.807) is 16.7 Å². The average Bonchev–Trinajstić information content (AvgIpc) is 2.39. The molecule has 16 heavy (non-hydrogen) atoms. The van der Waals surface area contributed by atoms with Crippen LogP contribution in [0.1, 0.15) is 54.8 Å². The molecule has 1 nitrogen and oxygen atoms in total. The number of nitrogens with one attached hydrogen (secondary N) is 1. The summed E-state index contributed by atoms with van der Waals surface area (Å²) in [6, 6.07) is 7.59.